The van der Waals surface area contributed by atoms with E-state index >= 15 is 0 Å². The van der Waals surface area contributed by atoms with Gasteiger partial charge in [0.15, 0.2) is 0 Å². The molecule has 10 nitrogen and oxygen atoms in total. The number of benzene rings is 5. The molecule has 0 radical (unpaired) electrons. The van der Waals surface area contributed by atoms with Gasteiger partial charge in [-0.1, -0.05) is 48.5 Å². The Hall–Kier alpha value is -4.42. The standard InChI is InChI=1S/C22H28N4O6.C14H10.2ClH/c27-11-9-23-5-7-25-13-1-2-14(26-8-6-24-10-12-28)18-17(13)21(31)19-15(29)3-4-16(30)20(19)22(18)32;1-2-6-12-10-14-8-4-3-7-13(14)9-11(12)5-1;;/h1-4,23-30H,5-12H2;1-10H;2*1H. The number of nitrogens with one attached hydrogen (secondary N) is 4. The molecule has 12 heteroatoms. The van der Waals surface area contributed by atoms with Crippen LogP contribution >= 0.6 is 24.8 Å². The van der Waals surface area contributed by atoms with Gasteiger partial charge in [0.25, 0.3) is 0 Å². The number of rotatable bonds is 12. The molecule has 0 aromatic heterocycles. The molecule has 6 rings (SSSR count). The number of carbonyl (C=O) groups is 2. The molecule has 0 saturated heterocycles. The van der Waals surface area contributed by atoms with E-state index in [9.17, 15) is 19.8 Å². The highest BCUT2D eigenvalue weighted by atomic mass is 35.5. The molecule has 0 saturated carbocycles. The lowest BCUT2D eigenvalue weighted by atomic mass is 9.81. The highest BCUT2D eigenvalue weighted by molar-refractivity contribution is 6.33. The molecular formula is C36H40Cl2N4O6. The van der Waals surface area contributed by atoms with Crippen LogP contribution in [-0.2, 0) is 0 Å². The maximum absolute atomic E-state index is 13.4. The monoisotopic (exact) mass is 694 g/mol. The van der Waals surface area contributed by atoms with Crippen molar-refractivity contribution in [2.75, 3.05) is 63.1 Å². The van der Waals surface area contributed by atoms with Gasteiger partial charge in [-0.25, -0.2) is 0 Å². The van der Waals surface area contributed by atoms with Crippen molar-refractivity contribution >= 4 is 69.3 Å². The fourth-order valence-corrected chi connectivity index (χ4v) is 5.52. The van der Waals surface area contributed by atoms with Crippen molar-refractivity contribution in [1.82, 2.24) is 10.6 Å². The molecule has 1 aliphatic rings. The average Bonchev–Trinajstić information content (AvgIpc) is 3.07. The first kappa shape index (κ1) is 38.0. The summed E-state index contributed by atoms with van der Waals surface area (Å²) >= 11 is 0. The second-order valence-corrected chi connectivity index (χ2v) is 10.8. The van der Waals surface area contributed by atoms with Gasteiger partial charge in [0.1, 0.15) is 11.5 Å². The summed E-state index contributed by atoms with van der Waals surface area (Å²) in [7, 11) is 0. The summed E-state index contributed by atoms with van der Waals surface area (Å²) in [6.07, 6.45) is 0. The third kappa shape index (κ3) is 8.53. The maximum Gasteiger partial charge on any atom is 0.200 e. The third-order valence-electron chi connectivity index (χ3n) is 7.70. The molecule has 1 aliphatic carbocycles. The van der Waals surface area contributed by atoms with E-state index in [-0.39, 0.29) is 71.8 Å². The van der Waals surface area contributed by atoms with Gasteiger partial charge in [-0.3, -0.25) is 9.59 Å². The summed E-state index contributed by atoms with van der Waals surface area (Å²) in [4.78, 5) is 26.7. The first-order valence-corrected chi connectivity index (χ1v) is 15.2. The number of phenols is 2. The number of aromatic hydroxyl groups is 2. The highest BCUT2D eigenvalue weighted by Crippen LogP contribution is 2.42. The smallest absolute Gasteiger partial charge is 0.200 e. The van der Waals surface area contributed by atoms with E-state index in [1.165, 1.54) is 33.7 Å². The molecule has 0 fully saturated rings. The second-order valence-electron chi connectivity index (χ2n) is 10.8. The van der Waals surface area contributed by atoms with Crippen molar-refractivity contribution in [1.29, 1.82) is 0 Å². The normalized spacial score (nSPS) is 11.5. The molecule has 8 N–H and O–H groups in total. The van der Waals surface area contributed by atoms with Crippen molar-refractivity contribution in [3.63, 3.8) is 0 Å². The van der Waals surface area contributed by atoms with Crippen LogP contribution in [0.3, 0.4) is 0 Å². The average molecular weight is 696 g/mol. The van der Waals surface area contributed by atoms with Gasteiger partial charge in [0.2, 0.25) is 11.6 Å². The number of ketones is 2. The Bertz CT molecular complexity index is 1690. The van der Waals surface area contributed by atoms with Gasteiger partial charge in [-0.2, -0.15) is 0 Å². The lowest BCUT2D eigenvalue weighted by Crippen LogP contribution is -2.28. The number of hydrogen-bond acceptors (Lipinski definition) is 10. The number of hydrogen-bond donors (Lipinski definition) is 8. The first-order valence-electron chi connectivity index (χ1n) is 15.2. The van der Waals surface area contributed by atoms with Gasteiger partial charge < -0.3 is 41.7 Å². The van der Waals surface area contributed by atoms with E-state index in [0.717, 1.165) is 0 Å². The largest absolute Gasteiger partial charge is 0.507 e. The molecule has 0 atom stereocenters. The number of anilines is 2. The predicted molar refractivity (Wildman–Crippen MR) is 196 cm³/mol. The van der Waals surface area contributed by atoms with Crippen LogP contribution in [0.2, 0.25) is 0 Å². The van der Waals surface area contributed by atoms with Crippen LogP contribution in [0.1, 0.15) is 31.8 Å². The summed E-state index contributed by atoms with van der Waals surface area (Å²) in [6, 6.07) is 27.2. The Labute approximate surface area is 291 Å². The van der Waals surface area contributed by atoms with E-state index < -0.39 is 11.6 Å². The van der Waals surface area contributed by atoms with Crippen LogP contribution < -0.4 is 21.3 Å². The van der Waals surface area contributed by atoms with Gasteiger partial charge in [-0.15, -0.1) is 24.8 Å². The predicted octanol–water partition coefficient (Wildman–Crippen LogP) is 4.70. The molecule has 0 heterocycles. The quantitative estimate of drug-likeness (QED) is 0.0512. The lowest BCUT2D eigenvalue weighted by Gasteiger charge is -2.25. The molecule has 0 unspecified atom stereocenters. The number of aliphatic hydroxyl groups excluding tert-OH is 2. The summed E-state index contributed by atoms with van der Waals surface area (Å²) in [5.41, 5.74) is 0.678. The van der Waals surface area contributed by atoms with Crippen LogP contribution in [0.5, 0.6) is 11.5 Å². The zero-order valence-electron chi connectivity index (χ0n) is 26.2. The summed E-state index contributed by atoms with van der Waals surface area (Å²) < 4.78 is 0. The highest BCUT2D eigenvalue weighted by Gasteiger charge is 2.37. The topological polar surface area (TPSA) is 163 Å². The van der Waals surface area contributed by atoms with E-state index in [1.807, 2.05) is 0 Å². The van der Waals surface area contributed by atoms with E-state index in [0.29, 0.717) is 50.6 Å². The Morgan fingerprint density at radius 3 is 1.15 bits per heavy atom. The van der Waals surface area contributed by atoms with E-state index in [2.05, 4.69) is 81.9 Å². The summed E-state index contributed by atoms with van der Waals surface area (Å²) in [5, 5.41) is 55.8. The van der Waals surface area contributed by atoms with Crippen molar-refractivity contribution < 1.29 is 30.0 Å². The zero-order valence-corrected chi connectivity index (χ0v) is 27.8. The number of fused-ring (bicyclic) bond motifs is 4. The van der Waals surface area contributed by atoms with Crippen LogP contribution in [0.15, 0.2) is 84.9 Å². The molecule has 48 heavy (non-hydrogen) atoms. The van der Waals surface area contributed by atoms with Gasteiger partial charge in [-0.05, 0) is 57.9 Å². The Morgan fingerprint density at radius 1 is 0.458 bits per heavy atom. The maximum atomic E-state index is 13.4. The minimum Gasteiger partial charge on any atom is -0.507 e. The number of carbonyl (C=O) groups excluding carboxylic acids is 2. The molecule has 0 spiro atoms. The van der Waals surface area contributed by atoms with Crippen LogP contribution in [0.25, 0.3) is 21.5 Å². The Morgan fingerprint density at radius 2 is 0.812 bits per heavy atom. The van der Waals surface area contributed by atoms with Crippen molar-refractivity contribution in [3.8, 4) is 11.5 Å². The molecule has 0 aliphatic heterocycles. The van der Waals surface area contributed by atoms with Crippen LogP contribution in [-0.4, -0.2) is 84.5 Å². The molecule has 5 aromatic carbocycles. The summed E-state index contributed by atoms with van der Waals surface area (Å²) in [6.45, 7) is 2.81. The van der Waals surface area contributed by atoms with Crippen LogP contribution in [0.4, 0.5) is 11.4 Å². The molecule has 5 aromatic rings. The first-order chi connectivity index (χ1) is 22.4. The Balaban J connectivity index is 0.000000324. The van der Waals surface area contributed by atoms with Crippen molar-refractivity contribution in [3.05, 3.63) is 107 Å². The zero-order chi connectivity index (χ0) is 32.5. The second kappa shape index (κ2) is 18.2. The summed E-state index contributed by atoms with van der Waals surface area (Å²) in [5.74, 6) is -1.86. The van der Waals surface area contributed by atoms with Gasteiger partial charge in [0, 0.05) is 50.6 Å². The van der Waals surface area contributed by atoms with Gasteiger partial charge in [0.05, 0.1) is 35.5 Å². The third-order valence-corrected chi connectivity index (χ3v) is 7.70. The fraction of sp³-hybridized carbons (Fsp3) is 0.222. The number of aliphatic hydroxyl groups is 2. The minimum atomic E-state index is -0.559. The SMILES string of the molecule is Cl.Cl.O=C1c2c(O)ccc(O)c2C(=O)c2c(NCCNCCO)ccc(NCCNCCO)c21.c1ccc2cc3ccccc3cc2c1. The number of halogens is 2. The molecule has 0 bridgehead atoms. The van der Waals surface area contributed by atoms with Crippen LogP contribution in [0, 0.1) is 0 Å². The van der Waals surface area contributed by atoms with Crippen molar-refractivity contribution in [2.24, 2.45) is 0 Å². The Kier molecular flexibility index (Phi) is 14.4. The lowest BCUT2D eigenvalue weighted by molar-refractivity contribution is 0.0975. The van der Waals surface area contributed by atoms with E-state index in [4.69, 9.17) is 10.2 Å². The molecule has 0 amide bonds. The molecular weight excluding hydrogens is 655 g/mol. The minimum absolute atomic E-state index is 0. The molecule has 254 valence electrons. The fourth-order valence-electron chi connectivity index (χ4n) is 5.52. The van der Waals surface area contributed by atoms with E-state index in [1.54, 1.807) is 12.1 Å². The number of phenolic OH excluding ortho intramolecular Hbond substituents is 2. The van der Waals surface area contributed by atoms with Crippen molar-refractivity contribution in [2.45, 2.75) is 0 Å². The van der Waals surface area contributed by atoms with Gasteiger partial charge >= 0.3 is 0 Å².